The molecule has 0 saturated carbocycles. The van der Waals surface area contributed by atoms with Crippen LogP contribution in [0.4, 0.5) is 0 Å². The van der Waals surface area contributed by atoms with Gasteiger partial charge in [-0.3, -0.25) is 14.5 Å². The van der Waals surface area contributed by atoms with E-state index < -0.39 is 42.5 Å². The summed E-state index contributed by atoms with van der Waals surface area (Å²) in [7, 11) is 0. The van der Waals surface area contributed by atoms with Crippen LogP contribution in [0.1, 0.15) is 37.4 Å². The fraction of sp³-hybridized carbons (Fsp3) is 0.257. The molecule has 43 heavy (non-hydrogen) atoms. The third-order valence-electron chi connectivity index (χ3n) is 7.70. The molecule has 2 aliphatic rings. The van der Waals surface area contributed by atoms with Crippen LogP contribution in [-0.4, -0.2) is 59.1 Å². The van der Waals surface area contributed by atoms with Gasteiger partial charge >= 0.3 is 0 Å². The van der Waals surface area contributed by atoms with Gasteiger partial charge in [0.15, 0.2) is 6.29 Å². The van der Waals surface area contributed by atoms with Crippen molar-refractivity contribution < 1.29 is 33.6 Å². The van der Waals surface area contributed by atoms with E-state index in [0.29, 0.717) is 17.7 Å². The van der Waals surface area contributed by atoms with Gasteiger partial charge in [-0.05, 0) is 28.8 Å². The predicted molar refractivity (Wildman–Crippen MR) is 158 cm³/mol. The maximum atomic E-state index is 13.7. The van der Waals surface area contributed by atoms with Crippen LogP contribution < -0.4 is 0 Å². The van der Waals surface area contributed by atoms with Gasteiger partial charge in [0.1, 0.15) is 24.4 Å². The topological polar surface area (TPSA) is 94.5 Å². The average Bonchev–Trinajstić information content (AvgIpc) is 3.30. The van der Waals surface area contributed by atoms with Crippen molar-refractivity contribution in [2.75, 3.05) is 6.61 Å². The maximum Gasteiger partial charge on any atom is 0.262 e. The maximum absolute atomic E-state index is 13.7. The van der Waals surface area contributed by atoms with Crippen molar-refractivity contribution in [2.45, 2.75) is 50.5 Å². The van der Waals surface area contributed by atoms with Crippen molar-refractivity contribution >= 4 is 11.8 Å². The molecule has 0 aromatic heterocycles. The summed E-state index contributed by atoms with van der Waals surface area (Å²) in [6.07, 6.45) is -4.21. The van der Waals surface area contributed by atoms with Crippen molar-refractivity contribution in [3.05, 3.63) is 143 Å². The number of rotatable bonds is 11. The molecule has 4 aromatic carbocycles. The zero-order chi connectivity index (χ0) is 29.6. The van der Waals surface area contributed by atoms with E-state index >= 15 is 0 Å². The Hall–Kier alpha value is -4.18. The summed E-state index contributed by atoms with van der Waals surface area (Å²) in [5, 5.41) is 11.7. The van der Waals surface area contributed by atoms with Gasteiger partial charge in [-0.25, -0.2) is 0 Å². The van der Waals surface area contributed by atoms with Crippen LogP contribution in [0, 0.1) is 0 Å². The number of ether oxygens (including phenoxy) is 4. The Morgan fingerprint density at radius 3 is 1.63 bits per heavy atom. The number of carbonyl (C=O) groups is 2. The highest BCUT2D eigenvalue weighted by Crippen LogP contribution is 2.35. The fourth-order valence-corrected chi connectivity index (χ4v) is 5.51. The normalized spacial score (nSPS) is 23.4. The molecule has 0 spiro atoms. The van der Waals surface area contributed by atoms with Crippen LogP contribution >= 0.6 is 0 Å². The van der Waals surface area contributed by atoms with E-state index in [2.05, 4.69) is 0 Å². The van der Waals surface area contributed by atoms with Crippen molar-refractivity contribution in [1.29, 1.82) is 0 Å². The number of nitrogens with zero attached hydrogens (tertiary/aromatic N) is 1. The molecule has 220 valence electrons. The second kappa shape index (κ2) is 13.4. The van der Waals surface area contributed by atoms with E-state index in [9.17, 15) is 14.7 Å². The molecular formula is C35H33NO7. The van der Waals surface area contributed by atoms with Crippen molar-refractivity contribution in [1.82, 2.24) is 4.90 Å². The minimum atomic E-state index is -1.23. The van der Waals surface area contributed by atoms with Gasteiger partial charge in [-0.15, -0.1) is 0 Å². The van der Waals surface area contributed by atoms with Crippen LogP contribution in [0.5, 0.6) is 0 Å². The number of carbonyl (C=O) groups excluding carboxylic acids is 2. The van der Waals surface area contributed by atoms with Gasteiger partial charge in [0.25, 0.3) is 11.8 Å². The highest BCUT2D eigenvalue weighted by atomic mass is 16.7. The summed E-state index contributed by atoms with van der Waals surface area (Å²) in [6.45, 7) is 0.664. The van der Waals surface area contributed by atoms with Crippen molar-refractivity contribution in [3.8, 4) is 0 Å². The summed E-state index contributed by atoms with van der Waals surface area (Å²) < 4.78 is 25.0. The highest BCUT2D eigenvalue weighted by Gasteiger charge is 2.54. The Morgan fingerprint density at radius 2 is 1.09 bits per heavy atom. The summed E-state index contributed by atoms with van der Waals surface area (Å²) in [4.78, 5) is 28.5. The summed E-state index contributed by atoms with van der Waals surface area (Å²) in [5.41, 5.74) is 3.32. The summed E-state index contributed by atoms with van der Waals surface area (Å²) in [6, 6.07) is 34.3. The molecule has 8 nitrogen and oxygen atoms in total. The second-order valence-corrected chi connectivity index (χ2v) is 10.6. The molecule has 8 heteroatoms. The molecule has 1 N–H and O–H groups in total. The van der Waals surface area contributed by atoms with E-state index in [0.717, 1.165) is 21.6 Å². The van der Waals surface area contributed by atoms with E-state index in [4.69, 9.17) is 18.9 Å². The molecule has 0 aliphatic carbocycles. The zero-order valence-electron chi connectivity index (χ0n) is 23.5. The molecule has 1 fully saturated rings. The fourth-order valence-electron chi connectivity index (χ4n) is 5.51. The minimum absolute atomic E-state index is 0.0429. The molecule has 2 aliphatic heterocycles. The second-order valence-electron chi connectivity index (χ2n) is 10.6. The lowest BCUT2D eigenvalue weighted by atomic mass is 9.95. The average molecular weight is 580 g/mol. The smallest absolute Gasteiger partial charge is 0.262 e. The summed E-state index contributed by atoms with van der Waals surface area (Å²) >= 11 is 0. The molecule has 4 aromatic rings. The van der Waals surface area contributed by atoms with E-state index in [1.54, 1.807) is 24.3 Å². The lowest BCUT2D eigenvalue weighted by Gasteiger charge is -2.46. The third kappa shape index (κ3) is 6.44. The van der Waals surface area contributed by atoms with Gasteiger partial charge in [0, 0.05) is 0 Å². The first-order valence-electron chi connectivity index (χ1n) is 14.3. The van der Waals surface area contributed by atoms with E-state index in [1.807, 2.05) is 91.0 Å². The number of imide groups is 1. The van der Waals surface area contributed by atoms with Crippen molar-refractivity contribution in [2.24, 2.45) is 0 Å². The minimum Gasteiger partial charge on any atom is -0.388 e. The molecule has 2 amide bonds. The largest absolute Gasteiger partial charge is 0.388 e. The van der Waals surface area contributed by atoms with E-state index in [1.165, 1.54) is 0 Å². The Bertz CT molecular complexity index is 1480. The van der Waals surface area contributed by atoms with Crippen LogP contribution in [0.2, 0.25) is 0 Å². The molecule has 6 rings (SSSR count). The van der Waals surface area contributed by atoms with Crippen LogP contribution in [0.15, 0.2) is 115 Å². The molecule has 0 bridgehead atoms. The number of aliphatic hydroxyl groups is 1. The third-order valence-corrected chi connectivity index (χ3v) is 7.70. The molecule has 5 unspecified atom stereocenters. The molecule has 5 atom stereocenters. The molecule has 0 radical (unpaired) electrons. The number of aliphatic hydroxyl groups excluding tert-OH is 1. The number of amides is 2. The Kier molecular flexibility index (Phi) is 9.02. The first-order valence-corrected chi connectivity index (χ1v) is 14.3. The van der Waals surface area contributed by atoms with Crippen molar-refractivity contribution in [3.63, 3.8) is 0 Å². The Labute approximate surface area is 250 Å². The SMILES string of the molecule is O=C1c2ccccc2C(=O)N1C1C(OCc2ccccc2)OC(COCc2ccccc2)C(O)C1OCc1ccccc1. The quantitative estimate of drug-likeness (QED) is 0.256. The lowest BCUT2D eigenvalue weighted by molar-refractivity contribution is -0.293. The van der Waals surface area contributed by atoms with Crippen LogP contribution in [0.25, 0.3) is 0 Å². The van der Waals surface area contributed by atoms with Gasteiger partial charge < -0.3 is 24.1 Å². The summed E-state index contributed by atoms with van der Waals surface area (Å²) in [5.74, 6) is -0.969. The highest BCUT2D eigenvalue weighted by molar-refractivity contribution is 6.21. The standard InChI is InChI=1S/C35H33NO7/c37-31-29(23-40-20-24-12-4-1-5-13-24)43-35(42-22-26-16-8-3-9-17-26)30(32(31)41-21-25-14-6-2-7-15-25)36-33(38)27-18-10-11-19-28(27)34(36)39/h1-19,29-32,35,37H,20-23H2. The number of hydrogen-bond acceptors (Lipinski definition) is 7. The predicted octanol–water partition coefficient (Wildman–Crippen LogP) is 4.76. The van der Waals surface area contributed by atoms with Crippen LogP contribution in [-0.2, 0) is 38.8 Å². The molecule has 1 saturated heterocycles. The van der Waals surface area contributed by atoms with Gasteiger partial charge in [-0.2, -0.15) is 0 Å². The molecular weight excluding hydrogens is 546 g/mol. The Balaban J connectivity index is 1.31. The van der Waals surface area contributed by atoms with Gasteiger partial charge in [0.05, 0.1) is 37.6 Å². The first-order chi connectivity index (χ1) is 21.1. The number of hydrogen-bond donors (Lipinski definition) is 1. The van der Waals surface area contributed by atoms with Gasteiger partial charge in [0.2, 0.25) is 0 Å². The van der Waals surface area contributed by atoms with Gasteiger partial charge in [-0.1, -0.05) is 103 Å². The Morgan fingerprint density at radius 1 is 0.628 bits per heavy atom. The lowest BCUT2D eigenvalue weighted by Crippen LogP contribution is -2.66. The zero-order valence-corrected chi connectivity index (χ0v) is 23.5. The monoisotopic (exact) mass is 579 g/mol. The molecule has 2 heterocycles. The number of benzene rings is 4. The number of fused-ring (bicyclic) bond motifs is 1. The first kappa shape index (κ1) is 28.9. The van der Waals surface area contributed by atoms with E-state index in [-0.39, 0.29) is 19.8 Å². The van der Waals surface area contributed by atoms with Crippen LogP contribution in [0.3, 0.4) is 0 Å².